The summed E-state index contributed by atoms with van der Waals surface area (Å²) in [5.74, 6) is 0.853. The lowest BCUT2D eigenvalue weighted by atomic mass is 10.1. The Morgan fingerprint density at radius 1 is 1.00 bits per heavy atom. The second-order valence-corrected chi connectivity index (χ2v) is 4.68. The van der Waals surface area contributed by atoms with Crippen LogP contribution < -0.4 is 10.1 Å². The van der Waals surface area contributed by atoms with E-state index in [-0.39, 0.29) is 0 Å². The number of hydrogen-bond acceptors (Lipinski definition) is 3. The van der Waals surface area contributed by atoms with Crippen molar-refractivity contribution in [3.63, 3.8) is 0 Å². The van der Waals surface area contributed by atoms with Gasteiger partial charge in [-0.3, -0.25) is 4.98 Å². The third-order valence-corrected chi connectivity index (χ3v) is 3.34. The predicted octanol–water partition coefficient (Wildman–Crippen LogP) is 4.30. The average molecular weight is 264 g/mol. The molecule has 0 fully saturated rings. The summed E-state index contributed by atoms with van der Waals surface area (Å²) < 4.78 is 5.17. The number of methoxy groups -OCH3 is 1. The van der Waals surface area contributed by atoms with Crippen LogP contribution in [0.2, 0.25) is 0 Å². The van der Waals surface area contributed by atoms with E-state index in [4.69, 9.17) is 4.74 Å². The first kappa shape index (κ1) is 12.5. The molecule has 3 nitrogen and oxygen atoms in total. The number of aromatic nitrogens is 1. The fourth-order valence-electron chi connectivity index (χ4n) is 2.26. The largest absolute Gasteiger partial charge is 0.497 e. The van der Waals surface area contributed by atoms with E-state index in [2.05, 4.69) is 35.4 Å². The van der Waals surface area contributed by atoms with E-state index in [0.717, 1.165) is 28.0 Å². The summed E-state index contributed by atoms with van der Waals surface area (Å²) in [5.41, 5.74) is 4.30. The molecule has 0 radical (unpaired) electrons. The molecule has 3 rings (SSSR count). The number of pyridine rings is 1. The number of hydrogen-bond donors (Lipinski definition) is 1. The predicted molar refractivity (Wildman–Crippen MR) is 82.8 cm³/mol. The number of aryl methyl sites for hydroxylation is 1. The van der Waals surface area contributed by atoms with Gasteiger partial charge in [0.25, 0.3) is 0 Å². The van der Waals surface area contributed by atoms with E-state index in [1.54, 1.807) is 7.11 Å². The van der Waals surface area contributed by atoms with Crippen molar-refractivity contribution in [2.45, 2.75) is 6.92 Å². The summed E-state index contributed by atoms with van der Waals surface area (Å²) >= 11 is 0. The van der Waals surface area contributed by atoms with Crippen molar-refractivity contribution in [3.8, 4) is 5.75 Å². The Balaban J connectivity index is 1.99. The molecule has 100 valence electrons. The Hall–Kier alpha value is -2.55. The number of fused-ring (bicyclic) bond motifs is 1. The first-order valence-electron chi connectivity index (χ1n) is 6.53. The van der Waals surface area contributed by atoms with E-state index in [0.29, 0.717) is 0 Å². The molecule has 0 bridgehead atoms. The van der Waals surface area contributed by atoms with Crippen molar-refractivity contribution in [1.82, 2.24) is 4.98 Å². The van der Waals surface area contributed by atoms with E-state index in [1.807, 2.05) is 36.5 Å². The quantitative estimate of drug-likeness (QED) is 0.766. The normalized spacial score (nSPS) is 10.5. The highest BCUT2D eigenvalue weighted by molar-refractivity contribution is 5.94. The molecule has 20 heavy (non-hydrogen) atoms. The maximum atomic E-state index is 5.17. The Morgan fingerprint density at radius 2 is 1.80 bits per heavy atom. The first-order valence-corrected chi connectivity index (χ1v) is 6.53. The minimum absolute atomic E-state index is 0.853. The average Bonchev–Trinajstić information content (AvgIpc) is 2.49. The Kier molecular flexibility index (Phi) is 3.25. The Labute approximate surface area is 118 Å². The van der Waals surface area contributed by atoms with Gasteiger partial charge in [0.05, 0.1) is 12.6 Å². The van der Waals surface area contributed by atoms with Crippen LogP contribution in [0.25, 0.3) is 10.9 Å². The van der Waals surface area contributed by atoms with Crippen LogP contribution in [0, 0.1) is 6.92 Å². The van der Waals surface area contributed by atoms with Crippen LogP contribution in [-0.4, -0.2) is 12.1 Å². The number of benzene rings is 2. The van der Waals surface area contributed by atoms with Crippen molar-refractivity contribution in [2.75, 3.05) is 12.4 Å². The zero-order valence-electron chi connectivity index (χ0n) is 11.6. The molecule has 1 heterocycles. The topological polar surface area (TPSA) is 34.1 Å². The second kappa shape index (κ2) is 5.21. The number of rotatable bonds is 3. The highest BCUT2D eigenvalue weighted by Gasteiger charge is 2.04. The summed E-state index contributed by atoms with van der Waals surface area (Å²) in [6.07, 6.45) is 1.83. The lowest BCUT2D eigenvalue weighted by molar-refractivity contribution is 0.415. The molecule has 0 saturated carbocycles. The number of para-hydroxylation sites is 1. The summed E-state index contributed by atoms with van der Waals surface area (Å²) in [4.78, 5) is 4.45. The van der Waals surface area contributed by atoms with Gasteiger partial charge in [-0.05, 0) is 42.8 Å². The minimum atomic E-state index is 0.853. The van der Waals surface area contributed by atoms with Gasteiger partial charge in [-0.2, -0.15) is 0 Å². The van der Waals surface area contributed by atoms with Crippen molar-refractivity contribution in [3.05, 3.63) is 60.3 Å². The number of anilines is 2. The molecular formula is C17H16N2O. The van der Waals surface area contributed by atoms with Gasteiger partial charge in [0, 0.05) is 23.0 Å². The molecule has 2 aromatic carbocycles. The van der Waals surface area contributed by atoms with Crippen LogP contribution in [0.15, 0.2) is 54.7 Å². The molecule has 0 aliphatic heterocycles. The van der Waals surface area contributed by atoms with Gasteiger partial charge in [-0.15, -0.1) is 0 Å². The lowest BCUT2D eigenvalue weighted by Gasteiger charge is -2.11. The molecule has 0 unspecified atom stereocenters. The molecule has 0 saturated heterocycles. The zero-order chi connectivity index (χ0) is 13.9. The van der Waals surface area contributed by atoms with Crippen LogP contribution in [0.1, 0.15) is 5.56 Å². The molecule has 3 aromatic rings. The molecule has 0 aliphatic carbocycles. The van der Waals surface area contributed by atoms with Gasteiger partial charge in [0.2, 0.25) is 0 Å². The molecule has 0 aliphatic rings. The molecular weight excluding hydrogens is 248 g/mol. The fraction of sp³-hybridized carbons (Fsp3) is 0.118. The van der Waals surface area contributed by atoms with Crippen molar-refractivity contribution < 1.29 is 4.74 Å². The summed E-state index contributed by atoms with van der Waals surface area (Å²) in [6, 6.07) is 16.1. The number of ether oxygens (including phenoxy) is 1. The van der Waals surface area contributed by atoms with E-state index in [1.165, 1.54) is 5.56 Å². The maximum Gasteiger partial charge on any atom is 0.119 e. The fourth-order valence-corrected chi connectivity index (χ4v) is 2.26. The van der Waals surface area contributed by atoms with Crippen molar-refractivity contribution >= 4 is 22.3 Å². The van der Waals surface area contributed by atoms with E-state index in [9.17, 15) is 0 Å². The van der Waals surface area contributed by atoms with Crippen LogP contribution in [0.4, 0.5) is 11.4 Å². The number of nitrogens with one attached hydrogen (secondary N) is 1. The van der Waals surface area contributed by atoms with Crippen LogP contribution in [-0.2, 0) is 0 Å². The standard InChI is InChI=1S/C17H16N2O/c1-12-4-3-5-15-16(10-11-18-17(12)15)19-13-6-8-14(20-2)9-7-13/h3-11H,1-2H3,(H,18,19). The number of nitrogens with zero attached hydrogens (tertiary/aromatic N) is 1. The molecule has 0 amide bonds. The monoisotopic (exact) mass is 264 g/mol. The van der Waals surface area contributed by atoms with Gasteiger partial charge in [0.15, 0.2) is 0 Å². The highest BCUT2D eigenvalue weighted by atomic mass is 16.5. The minimum Gasteiger partial charge on any atom is -0.497 e. The zero-order valence-corrected chi connectivity index (χ0v) is 11.6. The van der Waals surface area contributed by atoms with Crippen LogP contribution >= 0.6 is 0 Å². The first-order chi connectivity index (χ1) is 9.78. The van der Waals surface area contributed by atoms with Crippen LogP contribution in [0.3, 0.4) is 0 Å². The third kappa shape index (κ3) is 2.30. The summed E-state index contributed by atoms with van der Waals surface area (Å²) in [7, 11) is 1.67. The van der Waals surface area contributed by atoms with Crippen LogP contribution in [0.5, 0.6) is 5.75 Å². The Morgan fingerprint density at radius 3 is 2.55 bits per heavy atom. The second-order valence-electron chi connectivity index (χ2n) is 4.68. The smallest absolute Gasteiger partial charge is 0.119 e. The van der Waals surface area contributed by atoms with E-state index >= 15 is 0 Å². The summed E-state index contributed by atoms with van der Waals surface area (Å²) in [5, 5.41) is 4.56. The SMILES string of the molecule is COc1ccc(Nc2ccnc3c(C)cccc23)cc1. The van der Waals surface area contributed by atoms with Crippen molar-refractivity contribution in [1.29, 1.82) is 0 Å². The highest BCUT2D eigenvalue weighted by Crippen LogP contribution is 2.27. The van der Waals surface area contributed by atoms with E-state index < -0.39 is 0 Å². The van der Waals surface area contributed by atoms with Gasteiger partial charge in [-0.25, -0.2) is 0 Å². The molecule has 0 spiro atoms. The third-order valence-electron chi connectivity index (χ3n) is 3.34. The van der Waals surface area contributed by atoms with Gasteiger partial charge < -0.3 is 10.1 Å². The molecule has 1 aromatic heterocycles. The maximum absolute atomic E-state index is 5.17. The van der Waals surface area contributed by atoms with Gasteiger partial charge in [0.1, 0.15) is 5.75 Å². The Bertz CT molecular complexity index is 736. The molecule has 0 atom stereocenters. The summed E-state index contributed by atoms with van der Waals surface area (Å²) in [6.45, 7) is 2.08. The molecule has 3 heteroatoms. The van der Waals surface area contributed by atoms with Crippen molar-refractivity contribution in [2.24, 2.45) is 0 Å². The lowest BCUT2D eigenvalue weighted by Crippen LogP contribution is -1.93. The van der Waals surface area contributed by atoms with Gasteiger partial charge in [-0.1, -0.05) is 18.2 Å². The van der Waals surface area contributed by atoms with Gasteiger partial charge >= 0.3 is 0 Å². The molecule has 1 N–H and O–H groups in total.